The molecule has 1 aromatic carbocycles. The van der Waals surface area contributed by atoms with E-state index >= 15 is 0 Å². The van der Waals surface area contributed by atoms with Crippen LogP contribution in [0.15, 0.2) is 23.1 Å². The Hall–Kier alpha value is -1.40. The third kappa shape index (κ3) is 2.03. The lowest BCUT2D eigenvalue weighted by molar-refractivity contribution is 0.429. The maximum atomic E-state index is 11.8. The summed E-state index contributed by atoms with van der Waals surface area (Å²) in [5, 5.41) is 0. The molecule has 0 radical (unpaired) electrons. The molecule has 1 fully saturated rings. The van der Waals surface area contributed by atoms with E-state index in [-0.39, 0.29) is 10.3 Å². The van der Waals surface area contributed by atoms with E-state index in [2.05, 4.69) is 9.97 Å². The summed E-state index contributed by atoms with van der Waals surface area (Å²) in [5.41, 5.74) is 7.15. The summed E-state index contributed by atoms with van der Waals surface area (Å²) in [6.07, 6.45) is 5.53. The Labute approximate surface area is 118 Å². The number of aromatic nitrogens is 2. The van der Waals surface area contributed by atoms with E-state index in [1.165, 1.54) is 6.26 Å². The van der Waals surface area contributed by atoms with Crippen LogP contribution in [0.1, 0.15) is 31.5 Å². The molecule has 1 aromatic heterocycles. The molecule has 3 N–H and O–H groups in total. The van der Waals surface area contributed by atoms with Crippen molar-refractivity contribution in [2.75, 3.05) is 12.8 Å². The van der Waals surface area contributed by atoms with Crippen LogP contribution in [0.2, 0.25) is 0 Å². The van der Waals surface area contributed by atoms with E-state index in [0.717, 1.165) is 37.0 Å². The molecule has 20 heavy (non-hydrogen) atoms. The molecule has 1 aliphatic rings. The highest BCUT2D eigenvalue weighted by atomic mass is 32.2. The molecule has 0 spiro atoms. The summed E-state index contributed by atoms with van der Waals surface area (Å²) >= 11 is 0. The van der Waals surface area contributed by atoms with Crippen molar-refractivity contribution in [3.63, 3.8) is 0 Å². The number of nitrogens with one attached hydrogen (secondary N) is 1. The van der Waals surface area contributed by atoms with Gasteiger partial charge in [-0.05, 0) is 25.0 Å². The van der Waals surface area contributed by atoms with Gasteiger partial charge in [0.25, 0.3) is 0 Å². The van der Waals surface area contributed by atoms with Crippen LogP contribution in [0.25, 0.3) is 11.0 Å². The number of H-pyrrole nitrogens is 1. The normalized spacial score (nSPS) is 18.7. The van der Waals surface area contributed by atoms with Gasteiger partial charge < -0.3 is 10.7 Å². The highest BCUT2D eigenvalue weighted by Crippen LogP contribution is 2.39. The average molecular weight is 293 g/mol. The molecule has 0 saturated heterocycles. The number of imidazole rings is 1. The average Bonchev–Trinajstić information content (AvgIpc) is 3.04. The summed E-state index contributed by atoms with van der Waals surface area (Å²) in [5.74, 6) is 0.837. The zero-order valence-electron chi connectivity index (χ0n) is 11.5. The van der Waals surface area contributed by atoms with Crippen LogP contribution in [-0.2, 0) is 15.3 Å². The molecular formula is C14H19N3O2S. The first-order chi connectivity index (χ1) is 9.46. The Morgan fingerprint density at radius 1 is 1.35 bits per heavy atom. The zero-order chi connectivity index (χ0) is 14.4. The summed E-state index contributed by atoms with van der Waals surface area (Å²) in [6.45, 7) is 0.543. The summed E-state index contributed by atoms with van der Waals surface area (Å²) < 4.78 is 23.7. The van der Waals surface area contributed by atoms with Crippen molar-refractivity contribution in [1.82, 2.24) is 9.97 Å². The fourth-order valence-corrected chi connectivity index (χ4v) is 3.98. The first-order valence-corrected chi connectivity index (χ1v) is 8.75. The SMILES string of the molecule is CS(=O)(=O)c1cccc2[nH]c(C3(CN)CCCC3)nc12. The van der Waals surface area contributed by atoms with Gasteiger partial charge in [0.1, 0.15) is 11.3 Å². The van der Waals surface area contributed by atoms with Gasteiger partial charge in [0.2, 0.25) is 0 Å². The van der Waals surface area contributed by atoms with Gasteiger partial charge >= 0.3 is 0 Å². The molecule has 6 heteroatoms. The summed E-state index contributed by atoms with van der Waals surface area (Å²) in [7, 11) is -3.28. The lowest BCUT2D eigenvalue weighted by atomic mass is 9.85. The van der Waals surface area contributed by atoms with Crippen LogP contribution in [0.5, 0.6) is 0 Å². The predicted molar refractivity (Wildman–Crippen MR) is 78.4 cm³/mol. The fraction of sp³-hybridized carbons (Fsp3) is 0.500. The number of sulfone groups is 1. The number of nitrogens with zero attached hydrogens (tertiary/aromatic N) is 1. The number of nitrogens with two attached hydrogens (primary N) is 1. The van der Waals surface area contributed by atoms with Gasteiger partial charge in [0, 0.05) is 18.2 Å². The third-order valence-corrected chi connectivity index (χ3v) is 5.46. The Balaban J connectivity index is 2.21. The Bertz CT molecular complexity index is 743. The monoisotopic (exact) mass is 293 g/mol. The lowest BCUT2D eigenvalue weighted by Crippen LogP contribution is -2.33. The first kappa shape index (κ1) is 13.6. The Morgan fingerprint density at radius 3 is 2.65 bits per heavy atom. The van der Waals surface area contributed by atoms with E-state index < -0.39 is 9.84 Å². The van der Waals surface area contributed by atoms with E-state index in [1.54, 1.807) is 12.1 Å². The molecule has 5 nitrogen and oxygen atoms in total. The van der Waals surface area contributed by atoms with Gasteiger partial charge in [-0.3, -0.25) is 0 Å². The van der Waals surface area contributed by atoms with E-state index in [4.69, 9.17) is 5.73 Å². The van der Waals surface area contributed by atoms with Gasteiger partial charge in [0.15, 0.2) is 9.84 Å². The standard InChI is InChI=1S/C14H19N3O2S/c1-20(18,19)11-6-4-5-10-12(11)17-13(16-10)14(9-15)7-2-3-8-14/h4-6H,2-3,7-9,15H2,1H3,(H,16,17). The lowest BCUT2D eigenvalue weighted by Gasteiger charge is -2.24. The van der Waals surface area contributed by atoms with Crippen molar-refractivity contribution in [3.8, 4) is 0 Å². The maximum Gasteiger partial charge on any atom is 0.177 e. The molecule has 1 heterocycles. The largest absolute Gasteiger partial charge is 0.341 e. The molecule has 0 amide bonds. The van der Waals surface area contributed by atoms with Crippen LogP contribution < -0.4 is 5.73 Å². The highest BCUT2D eigenvalue weighted by Gasteiger charge is 2.37. The quantitative estimate of drug-likeness (QED) is 0.902. The molecule has 0 aliphatic heterocycles. The number of para-hydroxylation sites is 1. The van der Waals surface area contributed by atoms with Gasteiger partial charge in [-0.15, -0.1) is 0 Å². The van der Waals surface area contributed by atoms with Crippen LogP contribution in [0.3, 0.4) is 0 Å². The molecule has 2 aromatic rings. The Kier molecular flexibility index (Phi) is 3.10. The van der Waals surface area contributed by atoms with Crippen LogP contribution in [0, 0.1) is 0 Å². The number of rotatable bonds is 3. The minimum Gasteiger partial charge on any atom is -0.341 e. The third-order valence-electron chi connectivity index (χ3n) is 4.33. The van der Waals surface area contributed by atoms with Gasteiger partial charge in [-0.25, -0.2) is 13.4 Å². The molecule has 1 saturated carbocycles. The number of aromatic amines is 1. The van der Waals surface area contributed by atoms with Crippen molar-refractivity contribution in [2.45, 2.75) is 36.0 Å². The van der Waals surface area contributed by atoms with Crippen LogP contribution in [0.4, 0.5) is 0 Å². The van der Waals surface area contributed by atoms with Gasteiger partial charge in [-0.1, -0.05) is 18.9 Å². The maximum absolute atomic E-state index is 11.8. The number of hydrogen-bond donors (Lipinski definition) is 2. The van der Waals surface area contributed by atoms with E-state index in [0.29, 0.717) is 12.1 Å². The second-order valence-electron chi connectivity index (χ2n) is 5.70. The minimum absolute atomic E-state index is 0.117. The zero-order valence-corrected chi connectivity index (χ0v) is 12.3. The first-order valence-electron chi connectivity index (χ1n) is 6.86. The molecule has 108 valence electrons. The van der Waals surface area contributed by atoms with Crippen molar-refractivity contribution < 1.29 is 8.42 Å². The van der Waals surface area contributed by atoms with Crippen LogP contribution in [-0.4, -0.2) is 31.2 Å². The molecule has 0 atom stereocenters. The van der Waals surface area contributed by atoms with E-state index in [1.807, 2.05) is 6.07 Å². The molecule has 1 aliphatic carbocycles. The van der Waals surface area contributed by atoms with Crippen molar-refractivity contribution in [3.05, 3.63) is 24.0 Å². The van der Waals surface area contributed by atoms with Crippen molar-refractivity contribution >= 4 is 20.9 Å². The predicted octanol–water partition coefficient (Wildman–Crippen LogP) is 1.74. The fourth-order valence-electron chi connectivity index (χ4n) is 3.15. The molecule has 3 rings (SSSR count). The van der Waals surface area contributed by atoms with Crippen LogP contribution >= 0.6 is 0 Å². The topological polar surface area (TPSA) is 88.8 Å². The van der Waals surface area contributed by atoms with Crippen molar-refractivity contribution in [2.24, 2.45) is 5.73 Å². The molecular weight excluding hydrogens is 274 g/mol. The van der Waals surface area contributed by atoms with Crippen molar-refractivity contribution in [1.29, 1.82) is 0 Å². The second-order valence-corrected chi connectivity index (χ2v) is 7.69. The smallest absolute Gasteiger partial charge is 0.177 e. The second kappa shape index (κ2) is 4.56. The van der Waals surface area contributed by atoms with E-state index in [9.17, 15) is 8.42 Å². The summed E-state index contributed by atoms with van der Waals surface area (Å²) in [4.78, 5) is 8.16. The van der Waals surface area contributed by atoms with Gasteiger partial charge in [-0.2, -0.15) is 0 Å². The highest BCUT2D eigenvalue weighted by molar-refractivity contribution is 7.91. The number of benzene rings is 1. The Morgan fingerprint density at radius 2 is 2.05 bits per heavy atom. The molecule has 0 unspecified atom stereocenters. The number of hydrogen-bond acceptors (Lipinski definition) is 4. The minimum atomic E-state index is -3.28. The summed E-state index contributed by atoms with van der Waals surface area (Å²) in [6, 6.07) is 5.20. The van der Waals surface area contributed by atoms with Gasteiger partial charge in [0.05, 0.1) is 10.4 Å². The number of fused-ring (bicyclic) bond motifs is 1. The molecule has 0 bridgehead atoms.